The van der Waals surface area contributed by atoms with Gasteiger partial charge in [-0.25, -0.2) is 19.3 Å². The molecule has 36 heavy (non-hydrogen) atoms. The van der Waals surface area contributed by atoms with Crippen molar-refractivity contribution in [1.82, 2.24) is 25.1 Å². The lowest BCUT2D eigenvalue weighted by molar-refractivity contribution is -0.383. The van der Waals surface area contributed by atoms with E-state index >= 15 is 0 Å². The Balaban J connectivity index is 1.31. The van der Waals surface area contributed by atoms with Crippen LogP contribution in [0.5, 0.6) is 0 Å². The van der Waals surface area contributed by atoms with Crippen LogP contribution in [-0.2, 0) is 0 Å². The monoisotopic (exact) mass is 488 g/mol. The molecule has 1 saturated heterocycles. The van der Waals surface area contributed by atoms with E-state index in [9.17, 15) is 19.3 Å². The molecule has 1 aliphatic rings. The predicted molar refractivity (Wildman–Crippen MR) is 129 cm³/mol. The number of aromatic nitrogens is 5. The van der Waals surface area contributed by atoms with Crippen molar-refractivity contribution in [1.29, 1.82) is 0 Å². The van der Waals surface area contributed by atoms with E-state index in [2.05, 4.69) is 30.5 Å². The molecule has 4 aromatic rings. The van der Waals surface area contributed by atoms with Crippen molar-refractivity contribution in [2.24, 2.45) is 5.92 Å². The highest BCUT2D eigenvalue weighted by Gasteiger charge is 2.32. The van der Waals surface area contributed by atoms with Crippen molar-refractivity contribution < 1.29 is 14.1 Å². The Bertz CT molecular complexity index is 1370. The van der Waals surface area contributed by atoms with E-state index in [0.717, 1.165) is 5.56 Å². The summed E-state index contributed by atoms with van der Waals surface area (Å²) < 4.78 is 13.2. The molecule has 182 valence electrons. The summed E-state index contributed by atoms with van der Waals surface area (Å²) in [5.41, 5.74) is 1.65. The summed E-state index contributed by atoms with van der Waals surface area (Å²) in [5, 5.41) is 21.6. The van der Waals surface area contributed by atoms with E-state index in [0.29, 0.717) is 43.0 Å². The number of aromatic amines is 1. The maximum atomic E-state index is 13.2. The number of nitrogens with one attached hydrogen (secondary N) is 2. The van der Waals surface area contributed by atoms with Crippen LogP contribution in [0, 0.1) is 21.8 Å². The summed E-state index contributed by atoms with van der Waals surface area (Å²) in [4.78, 5) is 38.5. The molecule has 2 N–H and O–H groups in total. The van der Waals surface area contributed by atoms with Crippen LogP contribution in [0.3, 0.4) is 0 Å². The first-order valence-corrected chi connectivity index (χ1v) is 11.3. The lowest BCUT2D eigenvalue weighted by Gasteiger charge is -2.31. The molecule has 0 amide bonds. The Kier molecular flexibility index (Phi) is 6.31. The number of rotatable bonds is 7. The highest BCUT2D eigenvalue weighted by Crippen LogP contribution is 2.36. The first-order chi connectivity index (χ1) is 17.5. The average Bonchev–Trinajstić information content (AvgIpc) is 3.44. The Labute approximate surface area is 204 Å². The molecule has 1 fully saturated rings. The molecule has 0 unspecified atom stereocenters. The van der Waals surface area contributed by atoms with Crippen LogP contribution >= 0.6 is 0 Å². The summed E-state index contributed by atoms with van der Waals surface area (Å²) >= 11 is 0. The Morgan fingerprint density at radius 2 is 1.75 bits per heavy atom. The van der Waals surface area contributed by atoms with E-state index in [-0.39, 0.29) is 29.0 Å². The molecule has 12 heteroatoms. The highest BCUT2D eigenvalue weighted by molar-refractivity contribution is 5.98. The van der Waals surface area contributed by atoms with Crippen LogP contribution in [0.2, 0.25) is 0 Å². The third kappa shape index (κ3) is 4.73. The van der Waals surface area contributed by atoms with Gasteiger partial charge in [-0.05, 0) is 61.4 Å². The van der Waals surface area contributed by atoms with Crippen molar-refractivity contribution in [3.8, 4) is 11.4 Å². The van der Waals surface area contributed by atoms with E-state index in [1.807, 2.05) is 0 Å². The van der Waals surface area contributed by atoms with E-state index in [1.54, 1.807) is 29.2 Å². The normalized spacial score (nSPS) is 14.0. The average molecular weight is 488 g/mol. The first-order valence-electron chi connectivity index (χ1n) is 11.3. The van der Waals surface area contributed by atoms with Crippen LogP contribution in [-0.4, -0.2) is 48.9 Å². The van der Waals surface area contributed by atoms with Gasteiger partial charge in [0, 0.05) is 35.8 Å². The zero-order valence-corrected chi connectivity index (χ0v) is 19.0. The standard InChI is InChI=1S/C24H21FN8O3/c25-18-5-1-15(2-6-18)21(34)16-9-11-32(12-10-16)24-20(33(35)36)23(26-13-28-24)30-19-7-3-17(4-8-19)22-27-14-29-31-22/h1-8,13-14,16H,9-12H2,(H,26,28,30)(H,27,29,31). The number of anilines is 3. The van der Waals surface area contributed by atoms with Crippen LogP contribution < -0.4 is 10.2 Å². The maximum absolute atomic E-state index is 13.2. The number of hydrogen-bond donors (Lipinski definition) is 2. The summed E-state index contributed by atoms with van der Waals surface area (Å²) in [6.07, 6.45) is 3.70. The van der Waals surface area contributed by atoms with Crippen LogP contribution in [0.1, 0.15) is 23.2 Å². The Morgan fingerprint density at radius 3 is 2.39 bits per heavy atom. The third-order valence-electron chi connectivity index (χ3n) is 6.12. The van der Waals surface area contributed by atoms with Gasteiger partial charge in [-0.3, -0.25) is 20.0 Å². The van der Waals surface area contributed by atoms with E-state index < -0.39 is 10.7 Å². The molecule has 0 spiro atoms. The molecule has 0 saturated carbocycles. The van der Waals surface area contributed by atoms with Crippen molar-refractivity contribution >= 4 is 28.8 Å². The number of Topliss-reactive ketones (excluding diaryl/α,β-unsaturated/α-hetero) is 1. The molecule has 11 nitrogen and oxygen atoms in total. The predicted octanol–water partition coefficient (Wildman–Crippen LogP) is 4.15. The molecule has 0 atom stereocenters. The first kappa shape index (κ1) is 23.0. The molecule has 2 aromatic heterocycles. The van der Waals surface area contributed by atoms with Crippen LogP contribution in [0.25, 0.3) is 11.4 Å². The van der Waals surface area contributed by atoms with Gasteiger partial charge in [0.2, 0.25) is 11.6 Å². The molecular weight excluding hydrogens is 467 g/mol. The number of carbonyl (C=O) groups excluding carboxylic acids is 1. The SMILES string of the molecule is O=C(c1ccc(F)cc1)C1CCN(c2ncnc(Nc3ccc(-c4ncn[nH]4)cc3)c2[N+](=O)[O-])CC1. The number of nitrogens with zero attached hydrogens (tertiary/aromatic N) is 6. The number of carbonyl (C=O) groups is 1. The summed E-state index contributed by atoms with van der Waals surface area (Å²) in [6.45, 7) is 0.835. The fourth-order valence-corrected chi connectivity index (χ4v) is 4.26. The Hall–Kier alpha value is -4.74. The van der Waals surface area contributed by atoms with Gasteiger partial charge in [0.15, 0.2) is 11.6 Å². The molecular formula is C24H21FN8O3. The van der Waals surface area contributed by atoms with Crippen molar-refractivity contribution in [2.75, 3.05) is 23.3 Å². The van der Waals surface area contributed by atoms with Gasteiger partial charge in [-0.2, -0.15) is 5.10 Å². The second-order valence-electron chi connectivity index (χ2n) is 8.32. The van der Waals surface area contributed by atoms with E-state index in [4.69, 9.17) is 0 Å². The Morgan fingerprint density at radius 1 is 1.03 bits per heavy atom. The lowest BCUT2D eigenvalue weighted by Crippen LogP contribution is -2.37. The zero-order valence-electron chi connectivity index (χ0n) is 19.0. The minimum atomic E-state index is -0.504. The summed E-state index contributed by atoms with van der Waals surface area (Å²) in [5.74, 6) is 0.187. The number of piperidine rings is 1. The van der Waals surface area contributed by atoms with Gasteiger partial charge in [0.1, 0.15) is 18.5 Å². The fourth-order valence-electron chi connectivity index (χ4n) is 4.26. The molecule has 3 heterocycles. The largest absolute Gasteiger partial charge is 0.353 e. The minimum absolute atomic E-state index is 0.0528. The van der Waals surface area contributed by atoms with Crippen LogP contribution in [0.15, 0.2) is 61.2 Å². The van der Waals surface area contributed by atoms with Gasteiger partial charge in [0.05, 0.1) is 4.92 Å². The third-order valence-corrected chi connectivity index (χ3v) is 6.12. The topological polar surface area (TPSA) is 143 Å². The smallest absolute Gasteiger partial charge is 0.351 e. The fraction of sp³-hybridized carbons (Fsp3) is 0.208. The highest BCUT2D eigenvalue weighted by atomic mass is 19.1. The number of hydrogen-bond acceptors (Lipinski definition) is 9. The molecule has 2 aromatic carbocycles. The molecule has 1 aliphatic heterocycles. The van der Waals surface area contributed by atoms with Gasteiger partial charge < -0.3 is 10.2 Å². The number of halogens is 1. The van der Waals surface area contributed by atoms with Crippen molar-refractivity contribution in [2.45, 2.75) is 12.8 Å². The second kappa shape index (κ2) is 9.86. The van der Waals surface area contributed by atoms with Gasteiger partial charge in [0.25, 0.3) is 0 Å². The van der Waals surface area contributed by atoms with Crippen molar-refractivity contribution in [3.63, 3.8) is 0 Å². The molecule has 0 bridgehead atoms. The minimum Gasteiger partial charge on any atom is -0.351 e. The lowest BCUT2D eigenvalue weighted by atomic mass is 9.89. The van der Waals surface area contributed by atoms with E-state index in [1.165, 1.54) is 36.9 Å². The quantitative estimate of drug-likeness (QED) is 0.223. The molecule has 0 aliphatic carbocycles. The number of nitro groups is 1. The van der Waals surface area contributed by atoms with Gasteiger partial charge in [-0.1, -0.05) is 0 Å². The second-order valence-corrected chi connectivity index (χ2v) is 8.32. The van der Waals surface area contributed by atoms with Gasteiger partial charge >= 0.3 is 5.69 Å². The number of H-pyrrole nitrogens is 1. The van der Waals surface area contributed by atoms with Crippen LogP contribution in [0.4, 0.5) is 27.4 Å². The summed E-state index contributed by atoms with van der Waals surface area (Å²) in [7, 11) is 0. The van der Waals surface area contributed by atoms with Gasteiger partial charge in [-0.15, -0.1) is 0 Å². The maximum Gasteiger partial charge on any atom is 0.353 e. The number of ketones is 1. The zero-order chi connectivity index (χ0) is 25.1. The van der Waals surface area contributed by atoms with Crippen molar-refractivity contribution in [3.05, 3.63) is 82.7 Å². The summed E-state index contributed by atoms with van der Waals surface area (Å²) in [6, 6.07) is 12.6. The number of benzene rings is 2. The molecule has 0 radical (unpaired) electrons. The molecule has 5 rings (SSSR count).